The summed E-state index contributed by atoms with van der Waals surface area (Å²) in [6, 6.07) is 0. The summed E-state index contributed by atoms with van der Waals surface area (Å²) in [5.74, 6) is -0.787. The molecule has 0 radical (unpaired) electrons. The van der Waals surface area contributed by atoms with Crippen molar-refractivity contribution in [1.82, 2.24) is 0 Å². The fourth-order valence-corrected chi connectivity index (χ4v) is 3.90. The average Bonchev–Trinajstić information content (AvgIpc) is 2.63. The Morgan fingerprint density at radius 3 is 2.55 bits per heavy atom. The lowest BCUT2D eigenvalue weighted by molar-refractivity contribution is 0.0533. The van der Waals surface area contributed by atoms with Crippen molar-refractivity contribution >= 4 is 37.8 Å². The summed E-state index contributed by atoms with van der Waals surface area (Å²) in [6.07, 6.45) is -1.79. The van der Waals surface area contributed by atoms with E-state index in [1.165, 1.54) is 0 Å². The Balaban J connectivity index is 3.28. The van der Waals surface area contributed by atoms with Gasteiger partial charge in [-0.3, -0.25) is 0 Å². The van der Waals surface area contributed by atoms with E-state index in [1.807, 2.05) is 0 Å². The number of nitrogens with one attached hydrogen (secondary N) is 1. The molecule has 3 N–H and O–H groups in total. The summed E-state index contributed by atoms with van der Waals surface area (Å²) in [5.41, 5.74) is 5.35. The van der Waals surface area contributed by atoms with E-state index < -0.39 is 28.8 Å². The number of hydrogen-bond donors (Lipinski definition) is 2. The van der Waals surface area contributed by atoms with Gasteiger partial charge >= 0.3 is 5.97 Å². The van der Waals surface area contributed by atoms with Gasteiger partial charge in [-0.05, 0) is 6.92 Å². The van der Waals surface area contributed by atoms with Crippen LogP contribution in [0, 0.1) is 0 Å². The first-order valence-electron chi connectivity index (χ1n) is 5.49. The first-order valence-corrected chi connectivity index (χ1v) is 8.20. The van der Waals surface area contributed by atoms with E-state index in [0.29, 0.717) is 11.3 Å². The second kappa shape index (κ2) is 6.35. The Kier molecular flexibility index (Phi) is 5.28. The smallest absolute Gasteiger partial charge is 0.350 e. The van der Waals surface area contributed by atoms with Gasteiger partial charge in [0.25, 0.3) is 6.43 Å². The highest BCUT2D eigenvalue weighted by Gasteiger charge is 2.28. The number of anilines is 2. The molecule has 0 atom stereocenters. The third-order valence-corrected chi connectivity index (χ3v) is 4.59. The third-order valence-electron chi connectivity index (χ3n) is 2.15. The zero-order valence-electron chi connectivity index (χ0n) is 10.8. The zero-order chi connectivity index (χ0) is 15.5. The van der Waals surface area contributed by atoms with Gasteiger partial charge in [0.1, 0.15) is 14.8 Å². The number of halogens is 2. The summed E-state index contributed by atoms with van der Waals surface area (Å²) >= 11 is 0.680. The fraction of sp³-hybridized carbons (Fsp3) is 0.500. The molecule has 6 nitrogen and oxygen atoms in total. The molecule has 1 aromatic heterocycles. The van der Waals surface area contributed by atoms with Crippen molar-refractivity contribution in [3.05, 3.63) is 4.88 Å². The van der Waals surface area contributed by atoms with Crippen LogP contribution >= 0.6 is 11.3 Å². The van der Waals surface area contributed by atoms with Crippen molar-refractivity contribution in [2.45, 2.75) is 18.2 Å². The minimum Gasteiger partial charge on any atom is -0.462 e. The van der Waals surface area contributed by atoms with Gasteiger partial charge in [0.05, 0.1) is 18.8 Å². The highest BCUT2D eigenvalue weighted by Crippen LogP contribution is 2.39. The molecule has 0 unspecified atom stereocenters. The number of carbonyl (C=O) groups is 1. The quantitative estimate of drug-likeness (QED) is 0.770. The van der Waals surface area contributed by atoms with E-state index in [0.717, 1.165) is 6.26 Å². The Morgan fingerprint density at radius 1 is 1.50 bits per heavy atom. The van der Waals surface area contributed by atoms with Crippen LogP contribution in [0.3, 0.4) is 0 Å². The van der Waals surface area contributed by atoms with Gasteiger partial charge in [0.15, 0.2) is 9.84 Å². The summed E-state index contributed by atoms with van der Waals surface area (Å²) < 4.78 is 52.5. The number of alkyl halides is 2. The number of nitrogen functional groups attached to an aromatic ring is 1. The summed E-state index contributed by atoms with van der Waals surface area (Å²) in [6.45, 7) is 0.921. The number of carbonyl (C=O) groups excluding carboxylic acids is 1. The lowest BCUT2D eigenvalue weighted by atomic mass is 10.4. The molecule has 0 fully saturated rings. The number of hydrogen-bond acceptors (Lipinski definition) is 7. The minimum atomic E-state index is -3.77. The van der Waals surface area contributed by atoms with E-state index >= 15 is 0 Å². The van der Waals surface area contributed by atoms with Crippen LogP contribution in [0.4, 0.5) is 19.5 Å². The lowest BCUT2D eigenvalue weighted by Gasteiger charge is -2.05. The normalized spacial score (nSPS) is 11.7. The van der Waals surface area contributed by atoms with Gasteiger partial charge in [-0.25, -0.2) is 22.0 Å². The lowest BCUT2D eigenvalue weighted by Crippen LogP contribution is -2.12. The Morgan fingerprint density at radius 2 is 2.10 bits per heavy atom. The molecule has 1 rings (SSSR count). The largest absolute Gasteiger partial charge is 0.462 e. The van der Waals surface area contributed by atoms with Gasteiger partial charge in [-0.15, -0.1) is 11.3 Å². The molecule has 1 heterocycles. The molecule has 0 aliphatic heterocycles. The van der Waals surface area contributed by atoms with Crippen molar-refractivity contribution in [2.24, 2.45) is 0 Å². The van der Waals surface area contributed by atoms with Gasteiger partial charge in [-0.2, -0.15) is 0 Å². The van der Waals surface area contributed by atoms with Crippen molar-refractivity contribution in [3.8, 4) is 0 Å². The van der Waals surface area contributed by atoms with Crippen LogP contribution in [0.1, 0.15) is 16.6 Å². The summed E-state index contributed by atoms with van der Waals surface area (Å²) in [7, 11) is -3.77. The van der Waals surface area contributed by atoms with Crippen LogP contribution in [-0.4, -0.2) is 40.2 Å². The number of nitrogens with two attached hydrogens (primary N) is 1. The topological polar surface area (TPSA) is 98.5 Å². The van der Waals surface area contributed by atoms with Crippen LogP contribution in [0.5, 0.6) is 0 Å². The first kappa shape index (κ1) is 16.6. The molecule has 20 heavy (non-hydrogen) atoms. The minimum absolute atomic E-state index is 0.0875. The maximum Gasteiger partial charge on any atom is 0.350 e. The fourth-order valence-electron chi connectivity index (χ4n) is 1.43. The molecular weight excluding hydrogens is 314 g/mol. The van der Waals surface area contributed by atoms with Crippen LogP contribution in [0.15, 0.2) is 4.90 Å². The zero-order valence-corrected chi connectivity index (χ0v) is 12.4. The van der Waals surface area contributed by atoms with E-state index in [-0.39, 0.29) is 27.1 Å². The van der Waals surface area contributed by atoms with E-state index in [9.17, 15) is 22.0 Å². The van der Waals surface area contributed by atoms with Gasteiger partial charge in [0, 0.05) is 6.26 Å². The number of sulfone groups is 1. The van der Waals surface area contributed by atoms with E-state index in [4.69, 9.17) is 10.5 Å². The van der Waals surface area contributed by atoms with Crippen molar-refractivity contribution < 1.29 is 26.7 Å². The SMILES string of the molecule is CCOC(=O)c1sc(NCC(F)F)c(S(C)(=O)=O)c1N. The predicted octanol–water partition coefficient (Wildman–Crippen LogP) is 1.59. The van der Waals surface area contributed by atoms with Crippen LogP contribution in [0.25, 0.3) is 0 Å². The standard InChI is InChI=1S/C10H14F2N2O4S2/c1-3-18-10(15)7-6(13)8(20(2,16)17)9(19-7)14-4-5(11)12/h5,14H,3-4,13H2,1-2H3. The molecule has 0 aliphatic rings. The Bertz CT molecular complexity index is 599. The molecule has 1 aromatic rings. The molecule has 0 amide bonds. The number of ether oxygens (including phenoxy) is 1. The second-order valence-corrected chi connectivity index (χ2v) is 6.74. The number of esters is 1. The molecule has 0 saturated carbocycles. The number of thiophene rings is 1. The maximum absolute atomic E-state index is 12.2. The van der Waals surface area contributed by atoms with Crippen LogP contribution < -0.4 is 11.1 Å². The van der Waals surface area contributed by atoms with Crippen molar-refractivity contribution in [3.63, 3.8) is 0 Å². The van der Waals surface area contributed by atoms with Gasteiger partial charge in [0.2, 0.25) is 0 Å². The molecule has 0 spiro atoms. The van der Waals surface area contributed by atoms with Crippen LogP contribution in [-0.2, 0) is 14.6 Å². The maximum atomic E-state index is 12.2. The molecule has 0 bridgehead atoms. The summed E-state index contributed by atoms with van der Waals surface area (Å²) in [5, 5.41) is 2.19. The summed E-state index contributed by atoms with van der Waals surface area (Å²) in [4.78, 5) is 11.2. The first-order chi connectivity index (χ1) is 9.18. The van der Waals surface area contributed by atoms with Crippen LogP contribution in [0.2, 0.25) is 0 Å². The Labute approximate surface area is 118 Å². The average molecular weight is 328 g/mol. The van der Waals surface area contributed by atoms with Gasteiger partial charge in [-0.1, -0.05) is 0 Å². The molecule has 0 aromatic carbocycles. The molecule has 10 heteroatoms. The van der Waals surface area contributed by atoms with Gasteiger partial charge < -0.3 is 15.8 Å². The number of rotatable bonds is 6. The highest BCUT2D eigenvalue weighted by molar-refractivity contribution is 7.91. The third kappa shape index (κ3) is 3.79. The second-order valence-electron chi connectivity index (χ2n) is 3.77. The molecule has 114 valence electrons. The predicted molar refractivity (Wildman–Crippen MR) is 72.3 cm³/mol. The van der Waals surface area contributed by atoms with E-state index in [2.05, 4.69) is 5.32 Å². The van der Waals surface area contributed by atoms with E-state index in [1.54, 1.807) is 6.92 Å². The molecule has 0 saturated heterocycles. The monoisotopic (exact) mass is 328 g/mol. The molecule has 0 aliphatic carbocycles. The Hall–Kier alpha value is -1.42. The van der Waals surface area contributed by atoms with Crippen molar-refractivity contribution in [2.75, 3.05) is 30.5 Å². The highest BCUT2D eigenvalue weighted by atomic mass is 32.2. The van der Waals surface area contributed by atoms with Crippen molar-refractivity contribution in [1.29, 1.82) is 0 Å². The molecular formula is C10H14F2N2O4S2.